The van der Waals surface area contributed by atoms with Gasteiger partial charge in [0.15, 0.2) is 0 Å². The van der Waals surface area contributed by atoms with E-state index in [9.17, 15) is 0 Å². The van der Waals surface area contributed by atoms with Crippen molar-refractivity contribution >= 4 is 67.5 Å². The third-order valence-corrected chi connectivity index (χ3v) is 0. The Morgan fingerprint density at radius 1 is 0.333 bits per heavy atom. The van der Waals surface area contributed by atoms with Crippen LogP contribution in [0, 0.1) is 0 Å². The van der Waals surface area contributed by atoms with Crippen LogP contribution in [0.25, 0.3) is 0 Å². The van der Waals surface area contributed by atoms with Gasteiger partial charge in [0.05, 0.1) is 0 Å². The van der Waals surface area contributed by atoms with Gasteiger partial charge in [0.1, 0.15) is 0 Å². The maximum Gasteiger partial charge on any atom is 0 e. The van der Waals surface area contributed by atoms with Gasteiger partial charge in [-0.05, 0) is 0 Å². The van der Waals surface area contributed by atoms with Crippen LogP contribution in [0.2, 0.25) is 0 Å². The van der Waals surface area contributed by atoms with E-state index in [1.807, 2.05) is 0 Å². The van der Waals surface area contributed by atoms with Crippen LogP contribution in [0.4, 0.5) is 0 Å². The van der Waals surface area contributed by atoms with E-state index in [-0.39, 0.29) is 84.0 Å². The Balaban J connectivity index is 0. The largest absolute Gasteiger partial charge is 0.197 e. The number of rotatable bonds is 0. The standard InChI is InChI=1S/Ni.5H2S/h;5*1H2. The summed E-state index contributed by atoms with van der Waals surface area (Å²) in [5.41, 5.74) is 0. The molecule has 0 aliphatic carbocycles. The summed E-state index contributed by atoms with van der Waals surface area (Å²) in [5, 5.41) is 0. The average molecular weight is 229 g/mol. The Bertz CT molecular complexity index is 3.90. The minimum atomic E-state index is 0. The van der Waals surface area contributed by atoms with Gasteiger partial charge in [0.25, 0.3) is 0 Å². The molecule has 0 nitrogen and oxygen atoms in total. The molecule has 6 heavy (non-hydrogen) atoms. The van der Waals surface area contributed by atoms with Crippen LogP contribution >= 0.6 is 67.5 Å². The SMILES string of the molecule is S.S.S.S.S.[Ni]. The van der Waals surface area contributed by atoms with Crippen molar-refractivity contribution in [1.82, 2.24) is 0 Å². The molecule has 0 aromatic carbocycles. The van der Waals surface area contributed by atoms with Crippen molar-refractivity contribution < 1.29 is 16.5 Å². The average Bonchev–Trinajstić information content (AvgIpc) is 0. The molecule has 0 radical (unpaired) electrons. The molecule has 0 rings (SSSR count). The van der Waals surface area contributed by atoms with Gasteiger partial charge in [0, 0.05) is 16.5 Å². The second kappa shape index (κ2) is 56.1. The third-order valence-electron chi connectivity index (χ3n) is 0. The summed E-state index contributed by atoms with van der Waals surface area (Å²) in [5.74, 6) is 0. The van der Waals surface area contributed by atoms with E-state index in [2.05, 4.69) is 0 Å². The number of hydrogen-bond acceptors (Lipinski definition) is 0. The molecule has 0 aromatic heterocycles. The molecule has 0 spiro atoms. The molecule has 0 unspecified atom stereocenters. The summed E-state index contributed by atoms with van der Waals surface area (Å²) in [6.45, 7) is 0. The first-order chi connectivity index (χ1) is 0. The molecule has 0 bridgehead atoms. The zero-order valence-corrected chi connectivity index (χ0v) is 8.80. The van der Waals surface area contributed by atoms with Gasteiger partial charge >= 0.3 is 0 Å². The normalized spacial score (nSPS) is 0. The molecule has 6 heteroatoms. The maximum atomic E-state index is 0. The Kier molecular flexibility index (Phi) is 803. The summed E-state index contributed by atoms with van der Waals surface area (Å²) in [6.07, 6.45) is 0. The maximum absolute atomic E-state index is 0. The molecule has 0 saturated heterocycles. The number of hydrogen-bond donors (Lipinski definition) is 0. The third kappa shape index (κ3) is 34.1. The zero-order chi connectivity index (χ0) is 0. The van der Waals surface area contributed by atoms with Crippen molar-refractivity contribution in [3.05, 3.63) is 0 Å². The van der Waals surface area contributed by atoms with Crippen LogP contribution in [-0.2, 0) is 16.5 Å². The van der Waals surface area contributed by atoms with Gasteiger partial charge in [0.2, 0.25) is 0 Å². The van der Waals surface area contributed by atoms with E-state index in [0.717, 1.165) is 0 Å². The first kappa shape index (κ1) is 85.9. The van der Waals surface area contributed by atoms with Crippen molar-refractivity contribution in [2.75, 3.05) is 0 Å². The van der Waals surface area contributed by atoms with Crippen LogP contribution in [0.3, 0.4) is 0 Å². The molecule has 0 amide bonds. The second-order valence-electron chi connectivity index (χ2n) is 0. The zero-order valence-electron chi connectivity index (χ0n) is 2.82. The van der Waals surface area contributed by atoms with Gasteiger partial charge < -0.3 is 0 Å². The van der Waals surface area contributed by atoms with E-state index in [4.69, 9.17) is 0 Å². The van der Waals surface area contributed by atoms with Crippen molar-refractivity contribution in [2.45, 2.75) is 0 Å². The summed E-state index contributed by atoms with van der Waals surface area (Å²) in [7, 11) is 0. The molecule has 0 aromatic rings. The topological polar surface area (TPSA) is 0 Å². The first-order valence-corrected chi connectivity index (χ1v) is 0. The summed E-state index contributed by atoms with van der Waals surface area (Å²) in [4.78, 5) is 0. The van der Waals surface area contributed by atoms with Crippen molar-refractivity contribution in [3.8, 4) is 0 Å². The fourth-order valence-corrected chi connectivity index (χ4v) is 0. The smallest absolute Gasteiger partial charge is 0 e. The minimum absolute atomic E-state index is 0. The summed E-state index contributed by atoms with van der Waals surface area (Å²) in [6, 6.07) is 0. The van der Waals surface area contributed by atoms with Crippen LogP contribution in [0.1, 0.15) is 0 Å². The van der Waals surface area contributed by atoms with Gasteiger partial charge in [-0.15, -0.1) is 0 Å². The molecular formula is H10NiS5. The van der Waals surface area contributed by atoms with E-state index < -0.39 is 0 Å². The monoisotopic (exact) mass is 228 g/mol. The van der Waals surface area contributed by atoms with E-state index in [0.29, 0.717) is 0 Å². The van der Waals surface area contributed by atoms with Crippen LogP contribution < -0.4 is 0 Å². The van der Waals surface area contributed by atoms with Gasteiger partial charge in [-0.1, -0.05) is 0 Å². The molecule has 0 aliphatic rings. The van der Waals surface area contributed by atoms with Gasteiger partial charge in [-0.3, -0.25) is 0 Å². The second-order valence-corrected chi connectivity index (χ2v) is 0. The Labute approximate surface area is 83.4 Å². The Morgan fingerprint density at radius 2 is 0.333 bits per heavy atom. The minimum Gasteiger partial charge on any atom is -0.197 e. The molecule has 0 fully saturated rings. The van der Waals surface area contributed by atoms with Crippen LogP contribution in [0.15, 0.2) is 0 Å². The molecule has 0 saturated carbocycles. The van der Waals surface area contributed by atoms with Crippen molar-refractivity contribution in [3.63, 3.8) is 0 Å². The predicted molar refractivity (Wildman–Crippen MR) is 51.9 cm³/mol. The summed E-state index contributed by atoms with van der Waals surface area (Å²) >= 11 is 0. The molecule has 0 heterocycles. The van der Waals surface area contributed by atoms with Gasteiger partial charge in [-0.25, -0.2) is 0 Å². The molecule has 0 aliphatic heterocycles. The first-order valence-electron chi connectivity index (χ1n) is 0. The van der Waals surface area contributed by atoms with Crippen molar-refractivity contribution in [1.29, 1.82) is 0 Å². The molecule has 0 atom stereocenters. The Hall–Kier alpha value is 2.24. The fraction of sp³-hybridized carbons (Fsp3) is 0. The fourth-order valence-electron chi connectivity index (χ4n) is 0. The van der Waals surface area contributed by atoms with Gasteiger partial charge in [-0.2, -0.15) is 67.5 Å². The summed E-state index contributed by atoms with van der Waals surface area (Å²) < 4.78 is 0. The van der Waals surface area contributed by atoms with Crippen LogP contribution in [-0.4, -0.2) is 0 Å². The van der Waals surface area contributed by atoms with E-state index in [1.54, 1.807) is 0 Å². The van der Waals surface area contributed by atoms with Crippen LogP contribution in [0.5, 0.6) is 0 Å². The quantitative estimate of drug-likeness (QED) is 0.532. The van der Waals surface area contributed by atoms with E-state index >= 15 is 0 Å². The molecule has 50 valence electrons. The Morgan fingerprint density at radius 3 is 0.333 bits per heavy atom. The predicted octanol–water partition coefficient (Wildman–Crippen LogP) is 0.561. The molecular weight excluding hydrogens is 219 g/mol. The van der Waals surface area contributed by atoms with E-state index in [1.165, 1.54) is 0 Å². The molecule has 0 N–H and O–H groups in total. The van der Waals surface area contributed by atoms with Crippen molar-refractivity contribution in [2.24, 2.45) is 0 Å².